The number of nitrogens with one attached hydrogen (secondary N) is 1. The number of fused-ring (bicyclic) bond motifs is 3. The summed E-state index contributed by atoms with van der Waals surface area (Å²) in [5, 5.41) is 0.108. The van der Waals surface area contributed by atoms with E-state index in [2.05, 4.69) is 4.98 Å². The van der Waals surface area contributed by atoms with Crippen LogP contribution in [-0.4, -0.2) is 37.0 Å². The molecule has 2 aromatic rings. The van der Waals surface area contributed by atoms with Crippen molar-refractivity contribution in [2.75, 3.05) is 27.1 Å². The van der Waals surface area contributed by atoms with E-state index >= 15 is 0 Å². The number of likely N-dealkylation sites (N-methyl/N-ethyl adjacent to an activating group) is 1. The molecule has 1 aliphatic heterocycles. The van der Waals surface area contributed by atoms with Crippen molar-refractivity contribution in [2.24, 2.45) is 0 Å². The van der Waals surface area contributed by atoms with Crippen LogP contribution < -0.4 is 4.74 Å². The number of aromatic nitrogens is 1. The average Bonchev–Trinajstić information content (AvgIpc) is 2.90. The number of ether oxygens (including phenoxy) is 1. The number of hydrogen-bond acceptors (Lipinski definition) is 2. The monoisotopic (exact) mass is 241 g/mol. The zero-order valence-electron chi connectivity index (χ0n) is 20.1. The van der Waals surface area contributed by atoms with E-state index in [4.69, 9.17) is 19.8 Å². The van der Waals surface area contributed by atoms with Gasteiger partial charge in [0.15, 0.2) is 0 Å². The number of benzene rings is 1. The van der Waals surface area contributed by atoms with E-state index in [1.807, 2.05) is 0 Å². The fraction of sp³-hybridized carbons (Fsp3) is 0.429. The molecule has 0 fully saturated rings. The zero-order valence-corrected chi connectivity index (χ0v) is 9.09. The summed E-state index contributed by atoms with van der Waals surface area (Å²) in [5.41, 5.74) is -0.803. The van der Waals surface area contributed by atoms with Gasteiger partial charge in [0, 0.05) is 57.1 Å². The number of nitrogens with zero attached hydrogens (tertiary/aromatic N) is 1. The molecule has 1 aromatic carbocycles. The van der Waals surface area contributed by atoms with E-state index in [1.165, 1.54) is 25.3 Å². The van der Waals surface area contributed by atoms with Gasteiger partial charge >= 0.3 is 0 Å². The summed E-state index contributed by atoms with van der Waals surface area (Å²) in [6.07, 6.45) is -6.15. The maximum atomic E-state index is 8.43. The zero-order chi connectivity index (χ0) is 21.5. The Bertz CT molecular complexity index is 931. The SMILES string of the molecule is [2H]C([2H])([2H])N1C([2H])([2H])C([2H])([2H])c2[nH]c3cc(OC)ccc3c2C([2H])([2H])C1([2H])[2H]. The third-order valence-corrected chi connectivity index (χ3v) is 2.59. The molecule has 1 aromatic heterocycles. The number of H-pyrrole nitrogens is 1. The lowest BCUT2D eigenvalue weighted by Crippen LogP contribution is -2.21. The quantitative estimate of drug-likeness (QED) is 0.829. The standard InChI is InChI=1S/C14H18N2O/c1-16-7-5-12-11-4-3-10(17-2)9-14(11)15-13(12)6-8-16/h3-4,9,15H,5-8H2,1-2H3/i1D3,5D2,6D2,7D2,8D2. The van der Waals surface area contributed by atoms with Crippen LogP contribution in [0.1, 0.15) is 26.3 Å². The van der Waals surface area contributed by atoms with E-state index in [0.29, 0.717) is 5.75 Å². The van der Waals surface area contributed by atoms with Crippen LogP contribution in [0.3, 0.4) is 0 Å². The largest absolute Gasteiger partial charge is 0.497 e. The second-order valence-corrected chi connectivity index (χ2v) is 3.60. The molecule has 3 nitrogen and oxygen atoms in total. The Balaban J connectivity index is 2.48. The van der Waals surface area contributed by atoms with E-state index < -0.39 is 44.0 Å². The molecule has 0 spiro atoms. The summed E-state index contributed by atoms with van der Waals surface area (Å²) in [6, 6.07) is 4.32. The van der Waals surface area contributed by atoms with Crippen LogP contribution in [0.15, 0.2) is 18.2 Å². The van der Waals surface area contributed by atoms with Gasteiger partial charge in [-0.2, -0.15) is 0 Å². The first-order valence-corrected chi connectivity index (χ1v) is 5.02. The number of rotatable bonds is 1. The number of methoxy groups -OCH3 is 1. The lowest BCUT2D eigenvalue weighted by atomic mass is 10.1. The van der Waals surface area contributed by atoms with Gasteiger partial charge in [-0.1, -0.05) is 0 Å². The summed E-state index contributed by atoms with van der Waals surface area (Å²) >= 11 is 0. The predicted molar refractivity (Wildman–Crippen MR) is 69.8 cm³/mol. The van der Waals surface area contributed by atoms with Gasteiger partial charge in [-0.05, 0) is 31.0 Å². The van der Waals surface area contributed by atoms with Gasteiger partial charge < -0.3 is 14.6 Å². The van der Waals surface area contributed by atoms with Crippen molar-refractivity contribution in [1.82, 2.24) is 9.88 Å². The second kappa shape index (κ2) is 4.08. The van der Waals surface area contributed by atoms with E-state index in [-0.39, 0.29) is 15.8 Å². The Morgan fingerprint density at radius 2 is 2.29 bits per heavy atom. The highest BCUT2D eigenvalue weighted by Gasteiger charge is 2.16. The predicted octanol–water partition coefficient (Wildman–Crippen LogP) is 2.21. The summed E-state index contributed by atoms with van der Waals surface area (Å²) < 4.78 is 94.3. The van der Waals surface area contributed by atoms with Crippen molar-refractivity contribution in [1.29, 1.82) is 0 Å². The van der Waals surface area contributed by atoms with Crippen LogP contribution in [0.25, 0.3) is 10.9 Å². The minimum absolute atomic E-state index is 0.108. The summed E-state index contributed by atoms with van der Waals surface area (Å²) in [7, 11) is 1.40. The highest BCUT2D eigenvalue weighted by Crippen LogP contribution is 2.28. The normalized spacial score (nSPS) is 39.0. The van der Waals surface area contributed by atoms with Gasteiger partial charge in [0.2, 0.25) is 0 Å². The maximum absolute atomic E-state index is 8.43. The molecular formula is C14H18N2O. The fourth-order valence-corrected chi connectivity index (χ4v) is 1.78. The third-order valence-electron chi connectivity index (χ3n) is 2.59. The highest BCUT2D eigenvalue weighted by atomic mass is 16.5. The molecule has 1 N–H and O–H groups in total. The number of hydrogen-bond donors (Lipinski definition) is 1. The number of aromatic amines is 1. The number of aryl methyl sites for hydroxylation is 2. The van der Waals surface area contributed by atoms with Gasteiger partial charge in [-0.3, -0.25) is 0 Å². The highest BCUT2D eigenvalue weighted by molar-refractivity contribution is 5.86. The minimum Gasteiger partial charge on any atom is -0.497 e. The molecule has 0 atom stereocenters. The molecule has 0 amide bonds. The Hall–Kier alpha value is -1.48. The third kappa shape index (κ3) is 1.80. The molecule has 90 valence electrons. The molecule has 0 unspecified atom stereocenters. The molecule has 3 heteroatoms. The fourth-order valence-electron chi connectivity index (χ4n) is 1.78. The van der Waals surface area contributed by atoms with Gasteiger partial charge in [-0.25, -0.2) is 0 Å². The summed E-state index contributed by atoms with van der Waals surface area (Å²) in [5.74, 6) is 0.375. The molecule has 1 aliphatic rings. The summed E-state index contributed by atoms with van der Waals surface area (Å²) in [4.78, 5) is 2.31. The van der Waals surface area contributed by atoms with Crippen LogP contribution in [0.4, 0.5) is 0 Å². The Labute approximate surface area is 117 Å². The van der Waals surface area contributed by atoms with Gasteiger partial charge in [0.05, 0.1) is 7.11 Å². The topological polar surface area (TPSA) is 28.3 Å². The van der Waals surface area contributed by atoms with Gasteiger partial charge in [-0.15, -0.1) is 0 Å². The van der Waals surface area contributed by atoms with Crippen molar-refractivity contribution in [3.8, 4) is 5.75 Å². The van der Waals surface area contributed by atoms with Crippen LogP contribution in [0.5, 0.6) is 5.75 Å². The minimum atomic E-state index is -3.45. The van der Waals surface area contributed by atoms with Crippen LogP contribution >= 0.6 is 0 Å². The molecule has 2 heterocycles. The van der Waals surface area contributed by atoms with E-state index in [9.17, 15) is 0 Å². The molecule has 17 heavy (non-hydrogen) atoms. The lowest BCUT2D eigenvalue weighted by molar-refractivity contribution is 0.352. The van der Waals surface area contributed by atoms with E-state index in [1.54, 1.807) is 0 Å². The first-order chi connectivity index (χ1) is 12.5. The summed E-state index contributed by atoms with van der Waals surface area (Å²) in [6.45, 7) is -10.3. The first-order valence-electron chi connectivity index (χ1n) is 10.5. The van der Waals surface area contributed by atoms with Crippen LogP contribution in [0, 0.1) is 0 Å². The van der Waals surface area contributed by atoms with Crippen molar-refractivity contribution in [3.63, 3.8) is 0 Å². The van der Waals surface area contributed by atoms with E-state index in [0.717, 1.165) is 0 Å². The first kappa shape index (κ1) is 4.02. The van der Waals surface area contributed by atoms with Gasteiger partial charge in [0.25, 0.3) is 0 Å². The maximum Gasteiger partial charge on any atom is 0.120 e. The average molecular weight is 241 g/mol. The molecule has 0 bridgehead atoms. The molecule has 3 rings (SSSR count). The smallest absolute Gasteiger partial charge is 0.120 e. The Kier molecular flexibility index (Phi) is 0.964. The Morgan fingerprint density at radius 3 is 3.12 bits per heavy atom. The molecular weight excluding hydrogens is 212 g/mol. The van der Waals surface area contributed by atoms with Crippen molar-refractivity contribution in [3.05, 3.63) is 29.5 Å². The molecule has 0 saturated carbocycles. The molecule has 0 saturated heterocycles. The molecule has 0 aliphatic carbocycles. The van der Waals surface area contributed by atoms with Crippen molar-refractivity contribution < 1.29 is 19.8 Å². The molecule has 0 radical (unpaired) electrons. The Morgan fingerprint density at radius 1 is 1.41 bits per heavy atom. The van der Waals surface area contributed by atoms with Gasteiger partial charge in [0.1, 0.15) is 5.75 Å². The van der Waals surface area contributed by atoms with Crippen LogP contribution in [-0.2, 0) is 12.7 Å². The van der Waals surface area contributed by atoms with Crippen molar-refractivity contribution in [2.45, 2.75) is 12.7 Å². The lowest BCUT2D eigenvalue weighted by Gasteiger charge is -2.11. The second-order valence-electron chi connectivity index (χ2n) is 3.60. The van der Waals surface area contributed by atoms with Crippen LogP contribution in [0.2, 0.25) is 0 Å². The van der Waals surface area contributed by atoms with Crippen molar-refractivity contribution >= 4 is 10.9 Å².